The fraction of sp³-hybridized carbons (Fsp3) is 0.167. The molecule has 2 heterocycles. The first-order valence-electron chi connectivity index (χ1n) is 5.09. The lowest BCUT2D eigenvalue weighted by Crippen LogP contribution is -2.18. The molecule has 0 unspecified atom stereocenters. The Hall–Kier alpha value is -1.88. The summed E-state index contributed by atoms with van der Waals surface area (Å²) in [5.74, 6) is -0.341. The van der Waals surface area contributed by atoms with Gasteiger partial charge in [0.25, 0.3) is 0 Å². The van der Waals surface area contributed by atoms with Crippen molar-refractivity contribution in [3.05, 3.63) is 46.3 Å². The van der Waals surface area contributed by atoms with Crippen LogP contribution in [0.4, 0.5) is 5.82 Å². The van der Waals surface area contributed by atoms with Crippen LogP contribution in [0.2, 0.25) is 0 Å². The number of carboxylic acid groups (broad SMARTS) is 1. The first kappa shape index (κ1) is 11.6. The number of aromatic nitrogens is 1. The van der Waals surface area contributed by atoms with E-state index in [0.717, 1.165) is 6.54 Å². The summed E-state index contributed by atoms with van der Waals surface area (Å²) in [4.78, 5) is 16.8. The van der Waals surface area contributed by atoms with Crippen LogP contribution in [-0.4, -0.2) is 23.1 Å². The van der Waals surface area contributed by atoms with Crippen molar-refractivity contribution < 1.29 is 9.90 Å². The summed E-state index contributed by atoms with van der Waals surface area (Å²) >= 11 is 1.64. The minimum atomic E-state index is -1.00. The fourth-order valence-electron chi connectivity index (χ4n) is 1.49. The van der Waals surface area contributed by atoms with Gasteiger partial charge in [-0.05, 0) is 34.5 Å². The Kier molecular flexibility index (Phi) is 3.39. The summed E-state index contributed by atoms with van der Waals surface area (Å²) in [6.45, 7) is 0.722. The van der Waals surface area contributed by atoms with Crippen LogP contribution < -0.4 is 4.90 Å². The number of rotatable bonds is 4. The zero-order valence-electron chi connectivity index (χ0n) is 9.33. The second-order valence-corrected chi connectivity index (χ2v) is 4.45. The zero-order valence-corrected chi connectivity index (χ0v) is 10.1. The number of thiophene rings is 1. The van der Waals surface area contributed by atoms with Gasteiger partial charge in [-0.2, -0.15) is 11.3 Å². The lowest BCUT2D eigenvalue weighted by Gasteiger charge is -2.17. The first-order valence-corrected chi connectivity index (χ1v) is 6.03. The van der Waals surface area contributed by atoms with Crippen LogP contribution in [0.3, 0.4) is 0 Å². The lowest BCUT2D eigenvalue weighted by molar-refractivity contribution is 0.0690. The molecule has 0 fully saturated rings. The van der Waals surface area contributed by atoms with Crippen molar-refractivity contribution in [1.82, 2.24) is 4.98 Å². The quantitative estimate of drug-likeness (QED) is 0.903. The molecule has 1 N–H and O–H groups in total. The van der Waals surface area contributed by atoms with Gasteiger partial charge in [0.05, 0.1) is 0 Å². The highest BCUT2D eigenvalue weighted by atomic mass is 32.1. The van der Waals surface area contributed by atoms with Crippen molar-refractivity contribution in [2.45, 2.75) is 6.54 Å². The van der Waals surface area contributed by atoms with Crippen LogP contribution in [0.25, 0.3) is 0 Å². The van der Waals surface area contributed by atoms with Crippen molar-refractivity contribution >= 4 is 23.1 Å². The maximum Gasteiger partial charge on any atom is 0.354 e. The topological polar surface area (TPSA) is 53.4 Å². The number of anilines is 1. The van der Waals surface area contributed by atoms with Gasteiger partial charge in [-0.15, -0.1) is 0 Å². The van der Waals surface area contributed by atoms with Gasteiger partial charge >= 0.3 is 5.97 Å². The van der Waals surface area contributed by atoms with Crippen molar-refractivity contribution in [3.8, 4) is 0 Å². The number of carboxylic acids is 1. The molecule has 2 aromatic heterocycles. The number of carbonyl (C=O) groups is 1. The summed E-state index contributed by atoms with van der Waals surface area (Å²) in [7, 11) is 1.89. The Morgan fingerprint density at radius 1 is 1.47 bits per heavy atom. The minimum absolute atomic E-state index is 0.0691. The predicted octanol–water partition coefficient (Wildman–Crippen LogP) is 2.48. The van der Waals surface area contributed by atoms with E-state index in [4.69, 9.17) is 5.11 Å². The van der Waals surface area contributed by atoms with E-state index in [1.54, 1.807) is 23.5 Å². The average Bonchev–Trinajstić information content (AvgIpc) is 2.82. The van der Waals surface area contributed by atoms with E-state index in [1.807, 2.05) is 23.4 Å². The van der Waals surface area contributed by atoms with Gasteiger partial charge in [-0.25, -0.2) is 9.78 Å². The molecule has 0 spiro atoms. The van der Waals surface area contributed by atoms with Crippen LogP contribution >= 0.6 is 11.3 Å². The Bertz CT molecular complexity index is 511. The van der Waals surface area contributed by atoms with Crippen molar-refractivity contribution in [1.29, 1.82) is 0 Å². The second-order valence-electron chi connectivity index (χ2n) is 3.67. The third-order valence-electron chi connectivity index (χ3n) is 2.34. The van der Waals surface area contributed by atoms with Crippen LogP contribution in [0.15, 0.2) is 35.0 Å². The standard InChI is InChI=1S/C12H12N2O2S/c1-14(7-9-5-6-17-8-9)11-4-2-3-10(13-11)12(15)16/h2-6,8H,7H2,1H3,(H,15,16). The highest BCUT2D eigenvalue weighted by Crippen LogP contribution is 2.15. The number of hydrogen-bond donors (Lipinski definition) is 1. The zero-order chi connectivity index (χ0) is 12.3. The molecule has 17 heavy (non-hydrogen) atoms. The molecule has 5 heteroatoms. The summed E-state index contributed by atoms with van der Waals surface area (Å²) in [5, 5.41) is 13.0. The van der Waals surface area contributed by atoms with Gasteiger partial charge in [0, 0.05) is 13.6 Å². The van der Waals surface area contributed by atoms with Gasteiger partial charge in [-0.1, -0.05) is 6.07 Å². The number of pyridine rings is 1. The molecule has 0 atom stereocenters. The van der Waals surface area contributed by atoms with Crippen molar-refractivity contribution in [2.24, 2.45) is 0 Å². The second kappa shape index (κ2) is 4.97. The Morgan fingerprint density at radius 2 is 2.29 bits per heavy atom. The number of aromatic carboxylic acids is 1. The Labute approximate surface area is 103 Å². The molecule has 2 rings (SSSR count). The largest absolute Gasteiger partial charge is 0.477 e. The monoisotopic (exact) mass is 248 g/mol. The van der Waals surface area contributed by atoms with Crippen LogP contribution in [0.5, 0.6) is 0 Å². The van der Waals surface area contributed by atoms with E-state index in [1.165, 1.54) is 11.6 Å². The third kappa shape index (κ3) is 2.82. The summed E-state index contributed by atoms with van der Waals surface area (Å²) in [6, 6.07) is 7.04. The maximum atomic E-state index is 10.8. The Balaban J connectivity index is 2.16. The molecule has 0 saturated carbocycles. The minimum Gasteiger partial charge on any atom is -0.477 e. The van der Waals surface area contributed by atoms with E-state index in [-0.39, 0.29) is 5.69 Å². The third-order valence-corrected chi connectivity index (χ3v) is 3.08. The van der Waals surface area contributed by atoms with E-state index >= 15 is 0 Å². The van der Waals surface area contributed by atoms with Crippen LogP contribution in [-0.2, 0) is 6.54 Å². The highest BCUT2D eigenvalue weighted by molar-refractivity contribution is 7.07. The van der Waals surface area contributed by atoms with Gasteiger partial charge in [-0.3, -0.25) is 0 Å². The lowest BCUT2D eigenvalue weighted by atomic mass is 10.3. The molecule has 2 aromatic rings. The van der Waals surface area contributed by atoms with Crippen molar-refractivity contribution in [2.75, 3.05) is 11.9 Å². The summed E-state index contributed by atoms with van der Waals surface area (Å²) in [5.41, 5.74) is 1.26. The van der Waals surface area contributed by atoms with E-state index in [2.05, 4.69) is 10.4 Å². The number of nitrogens with zero attached hydrogens (tertiary/aromatic N) is 2. The fourth-order valence-corrected chi connectivity index (χ4v) is 2.15. The maximum absolute atomic E-state index is 10.8. The normalized spacial score (nSPS) is 10.2. The highest BCUT2D eigenvalue weighted by Gasteiger charge is 2.08. The van der Waals surface area contributed by atoms with E-state index in [0.29, 0.717) is 5.82 Å². The molecule has 0 radical (unpaired) electrons. The first-order chi connectivity index (χ1) is 8.16. The Morgan fingerprint density at radius 3 is 2.94 bits per heavy atom. The van der Waals surface area contributed by atoms with E-state index < -0.39 is 5.97 Å². The molecule has 0 aliphatic rings. The molecular weight excluding hydrogens is 236 g/mol. The molecule has 0 saturated heterocycles. The molecule has 0 aromatic carbocycles. The van der Waals surface area contributed by atoms with E-state index in [9.17, 15) is 4.79 Å². The van der Waals surface area contributed by atoms with Crippen LogP contribution in [0, 0.1) is 0 Å². The molecule has 88 valence electrons. The van der Waals surface area contributed by atoms with Gasteiger partial charge in [0.2, 0.25) is 0 Å². The molecule has 0 bridgehead atoms. The SMILES string of the molecule is CN(Cc1ccsc1)c1cccc(C(=O)O)n1. The smallest absolute Gasteiger partial charge is 0.354 e. The van der Waals surface area contributed by atoms with Crippen molar-refractivity contribution in [3.63, 3.8) is 0 Å². The van der Waals surface area contributed by atoms with Gasteiger partial charge in [0.1, 0.15) is 5.82 Å². The predicted molar refractivity (Wildman–Crippen MR) is 67.6 cm³/mol. The average molecular weight is 248 g/mol. The molecule has 4 nitrogen and oxygen atoms in total. The molecule has 0 amide bonds. The summed E-state index contributed by atoms with van der Waals surface area (Å²) < 4.78 is 0. The number of hydrogen-bond acceptors (Lipinski definition) is 4. The molecular formula is C12H12N2O2S. The molecule has 0 aliphatic heterocycles. The van der Waals surface area contributed by atoms with Gasteiger partial charge < -0.3 is 10.0 Å². The summed E-state index contributed by atoms with van der Waals surface area (Å²) in [6.07, 6.45) is 0. The molecule has 0 aliphatic carbocycles. The van der Waals surface area contributed by atoms with Gasteiger partial charge in [0.15, 0.2) is 5.69 Å². The van der Waals surface area contributed by atoms with Crippen LogP contribution in [0.1, 0.15) is 16.1 Å².